The van der Waals surface area contributed by atoms with E-state index < -0.39 is 0 Å². The van der Waals surface area contributed by atoms with Gasteiger partial charge in [0.1, 0.15) is 0 Å². The van der Waals surface area contributed by atoms with Crippen LogP contribution in [0.2, 0.25) is 0 Å². The van der Waals surface area contributed by atoms with Crippen molar-refractivity contribution in [2.75, 3.05) is 31.5 Å². The minimum Gasteiger partial charge on any atom is -0.459 e. The number of nitrogens with zero attached hydrogens (tertiary/aromatic N) is 2. The van der Waals surface area contributed by atoms with Gasteiger partial charge in [0.2, 0.25) is 0 Å². The Kier molecular flexibility index (Phi) is 9.85. The van der Waals surface area contributed by atoms with Crippen LogP contribution in [0.1, 0.15) is 85.9 Å². The number of piperidine rings is 1. The van der Waals surface area contributed by atoms with Gasteiger partial charge in [0.05, 0.1) is 6.26 Å². The minimum absolute atomic E-state index is 0.00359. The third-order valence-electron chi connectivity index (χ3n) is 7.99. The first kappa shape index (κ1) is 29.6. The summed E-state index contributed by atoms with van der Waals surface area (Å²) in [6.45, 7) is 14.7. The number of carbonyl (C=O) groups is 2. The molecular formula is C34H45N3O3. The number of rotatable bonds is 10. The van der Waals surface area contributed by atoms with Crippen LogP contribution < -0.4 is 5.32 Å². The number of benzene rings is 2. The predicted molar refractivity (Wildman–Crippen MR) is 162 cm³/mol. The van der Waals surface area contributed by atoms with E-state index >= 15 is 0 Å². The fourth-order valence-electron chi connectivity index (χ4n) is 5.56. The summed E-state index contributed by atoms with van der Waals surface area (Å²) in [5, 5.41) is 3.08. The maximum Gasteiger partial charge on any atom is 0.289 e. The fraction of sp³-hybridized carbons (Fsp3) is 0.471. The zero-order valence-corrected chi connectivity index (χ0v) is 24.8. The summed E-state index contributed by atoms with van der Waals surface area (Å²) in [6, 6.07) is 20.0. The van der Waals surface area contributed by atoms with E-state index in [0.717, 1.165) is 57.5 Å². The third-order valence-corrected chi connectivity index (χ3v) is 7.99. The number of hydrogen-bond acceptors (Lipinski definition) is 4. The molecule has 1 N–H and O–H groups in total. The molecule has 3 aromatic rings. The maximum atomic E-state index is 12.9. The molecule has 6 heteroatoms. The van der Waals surface area contributed by atoms with Gasteiger partial charge in [0, 0.05) is 36.9 Å². The van der Waals surface area contributed by atoms with Gasteiger partial charge in [-0.3, -0.25) is 9.59 Å². The van der Waals surface area contributed by atoms with E-state index in [4.69, 9.17) is 4.42 Å². The van der Waals surface area contributed by atoms with Gasteiger partial charge in [-0.15, -0.1) is 0 Å². The highest BCUT2D eigenvalue weighted by Crippen LogP contribution is 2.24. The summed E-state index contributed by atoms with van der Waals surface area (Å²) in [4.78, 5) is 30.0. The number of likely N-dealkylation sites (tertiary alicyclic amines) is 1. The van der Waals surface area contributed by atoms with Crippen LogP contribution in [0, 0.1) is 5.92 Å². The molecule has 6 nitrogen and oxygen atoms in total. The topological polar surface area (TPSA) is 65.8 Å². The van der Waals surface area contributed by atoms with Crippen molar-refractivity contribution in [1.29, 1.82) is 0 Å². The molecule has 1 unspecified atom stereocenters. The van der Waals surface area contributed by atoms with Crippen molar-refractivity contribution >= 4 is 17.5 Å². The second-order valence-electron chi connectivity index (χ2n) is 12.2. The molecule has 1 atom stereocenters. The Balaban J connectivity index is 1.31. The molecule has 2 heterocycles. The standard InChI is InChI=1S/C34H45N3O3/c1-6-18-37(24-26-16-19-36(20-17-26)33(39)31-11-8-21-40-31)25(2)22-27-9-7-10-30(23-27)35-32(38)28-12-14-29(15-13-28)34(3,4)5/h7-15,21,23,25-26H,6,16-20,22,24H2,1-5H3,(H,35,38). The Hall–Kier alpha value is -3.38. The molecular weight excluding hydrogens is 498 g/mol. The van der Waals surface area contributed by atoms with Crippen molar-refractivity contribution in [3.8, 4) is 0 Å². The van der Waals surface area contributed by atoms with Gasteiger partial charge < -0.3 is 19.5 Å². The normalized spacial score (nSPS) is 15.3. The zero-order valence-electron chi connectivity index (χ0n) is 24.8. The summed E-state index contributed by atoms with van der Waals surface area (Å²) in [5.41, 5.74) is 3.98. The Morgan fingerprint density at radius 3 is 2.40 bits per heavy atom. The molecule has 0 spiro atoms. The first-order valence-corrected chi connectivity index (χ1v) is 14.7. The highest BCUT2D eigenvalue weighted by Gasteiger charge is 2.27. The van der Waals surface area contributed by atoms with Crippen molar-refractivity contribution in [3.63, 3.8) is 0 Å². The van der Waals surface area contributed by atoms with Crippen molar-refractivity contribution in [3.05, 3.63) is 89.4 Å². The second-order valence-corrected chi connectivity index (χ2v) is 12.2. The SMILES string of the molecule is CCCN(CC1CCN(C(=O)c2ccco2)CC1)C(C)Cc1cccc(NC(=O)c2ccc(C(C)(C)C)cc2)c1. The highest BCUT2D eigenvalue weighted by atomic mass is 16.3. The zero-order chi connectivity index (χ0) is 28.7. The van der Waals surface area contributed by atoms with Gasteiger partial charge in [-0.2, -0.15) is 0 Å². The lowest BCUT2D eigenvalue weighted by atomic mass is 9.87. The number of anilines is 1. The summed E-state index contributed by atoms with van der Waals surface area (Å²) in [7, 11) is 0. The largest absolute Gasteiger partial charge is 0.459 e. The molecule has 214 valence electrons. The van der Waals surface area contributed by atoms with Gasteiger partial charge in [-0.25, -0.2) is 0 Å². The van der Waals surface area contributed by atoms with Gasteiger partial charge in [0.15, 0.2) is 5.76 Å². The van der Waals surface area contributed by atoms with Crippen LogP contribution in [0.3, 0.4) is 0 Å². The number of furan rings is 1. The molecule has 0 saturated carbocycles. The molecule has 1 saturated heterocycles. The van der Waals surface area contributed by atoms with Crippen molar-refractivity contribution < 1.29 is 14.0 Å². The smallest absolute Gasteiger partial charge is 0.289 e. The van der Waals surface area contributed by atoms with Crippen LogP contribution in [0.15, 0.2) is 71.3 Å². The number of nitrogens with one attached hydrogen (secondary N) is 1. The average molecular weight is 544 g/mol. The molecule has 2 aromatic carbocycles. The molecule has 2 amide bonds. The quantitative estimate of drug-likeness (QED) is 0.298. The van der Waals surface area contributed by atoms with E-state index in [9.17, 15) is 9.59 Å². The van der Waals surface area contributed by atoms with E-state index in [-0.39, 0.29) is 17.2 Å². The summed E-state index contributed by atoms with van der Waals surface area (Å²) >= 11 is 0. The molecule has 0 radical (unpaired) electrons. The van der Waals surface area contributed by atoms with Gasteiger partial charge in [0.25, 0.3) is 11.8 Å². The molecule has 4 rings (SSSR count). The molecule has 1 aromatic heterocycles. The highest BCUT2D eigenvalue weighted by molar-refractivity contribution is 6.04. The van der Waals surface area contributed by atoms with Gasteiger partial charge >= 0.3 is 0 Å². The first-order valence-electron chi connectivity index (χ1n) is 14.7. The monoisotopic (exact) mass is 543 g/mol. The predicted octanol–water partition coefficient (Wildman–Crippen LogP) is 7.02. The van der Waals surface area contributed by atoms with Crippen LogP contribution in [0.25, 0.3) is 0 Å². The van der Waals surface area contributed by atoms with E-state index in [1.165, 1.54) is 11.1 Å². The molecule has 1 fully saturated rings. The van der Waals surface area contributed by atoms with E-state index in [1.807, 2.05) is 41.3 Å². The van der Waals surface area contributed by atoms with Crippen molar-refractivity contribution in [2.45, 2.75) is 71.8 Å². The van der Waals surface area contributed by atoms with Crippen LogP contribution in [0.4, 0.5) is 5.69 Å². The molecule has 40 heavy (non-hydrogen) atoms. The summed E-state index contributed by atoms with van der Waals surface area (Å²) in [6.07, 6.45) is 5.60. The Morgan fingerprint density at radius 1 is 1.05 bits per heavy atom. The lowest BCUT2D eigenvalue weighted by molar-refractivity contribution is 0.0621. The van der Waals surface area contributed by atoms with E-state index in [1.54, 1.807) is 18.4 Å². The number of amides is 2. The van der Waals surface area contributed by atoms with E-state index in [2.05, 4.69) is 57.0 Å². The van der Waals surface area contributed by atoms with Gasteiger partial charge in [-0.05, 0) is 98.0 Å². The minimum atomic E-state index is -0.0878. The Bertz CT molecular complexity index is 1240. The average Bonchev–Trinajstić information content (AvgIpc) is 3.48. The second kappa shape index (κ2) is 13.3. The van der Waals surface area contributed by atoms with Crippen LogP contribution in [-0.2, 0) is 11.8 Å². The van der Waals surface area contributed by atoms with Crippen LogP contribution >= 0.6 is 0 Å². The number of carbonyl (C=O) groups excluding carboxylic acids is 2. The van der Waals surface area contributed by atoms with Crippen molar-refractivity contribution in [2.24, 2.45) is 5.92 Å². The van der Waals surface area contributed by atoms with Crippen LogP contribution in [0.5, 0.6) is 0 Å². The fourth-order valence-corrected chi connectivity index (χ4v) is 5.56. The molecule has 1 aliphatic rings. The molecule has 0 aliphatic carbocycles. The van der Waals surface area contributed by atoms with Crippen LogP contribution in [-0.4, -0.2) is 53.8 Å². The third kappa shape index (κ3) is 7.85. The lowest BCUT2D eigenvalue weighted by Crippen LogP contribution is -2.44. The first-order chi connectivity index (χ1) is 19.1. The summed E-state index contributed by atoms with van der Waals surface area (Å²) in [5.74, 6) is 0.910. The number of hydrogen-bond donors (Lipinski definition) is 1. The van der Waals surface area contributed by atoms with E-state index in [0.29, 0.717) is 23.3 Å². The maximum absolute atomic E-state index is 12.9. The lowest BCUT2D eigenvalue weighted by Gasteiger charge is -2.37. The molecule has 1 aliphatic heterocycles. The van der Waals surface area contributed by atoms with Crippen molar-refractivity contribution in [1.82, 2.24) is 9.80 Å². The Morgan fingerprint density at radius 2 is 1.77 bits per heavy atom. The van der Waals surface area contributed by atoms with Gasteiger partial charge in [-0.1, -0.05) is 52.0 Å². The summed E-state index contributed by atoms with van der Waals surface area (Å²) < 4.78 is 5.30. The Labute approximate surface area is 239 Å². The molecule has 0 bridgehead atoms.